The summed E-state index contributed by atoms with van der Waals surface area (Å²) in [5.41, 5.74) is 0.873. The van der Waals surface area contributed by atoms with Gasteiger partial charge in [0.1, 0.15) is 6.54 Å². The number of nitrogens with one attached hydrogen (secondary N) is 1. The van der Waals surface area contributed by atoms with Crippen LogP contribution < -0.4 is 10.5 Å². The maximum atomic E-state index is 12.4. The maximum Gasteiger partial charge on any atom is 0.238 e. The molecule has 1 amide bonds. The van der Waals surface area contributed by atoms with Gasteiger partial charge in [-0.15, -0.1) is 0 Å². The van der Waals surface area contributed by atoms with Gasteiger partial charge in [-0.3, -0.25) is 4.79 Å². The molecule has 2 atom stereocenters. The molecular formula is C17H20N4O3S. The number of benzene rings is 1. The lowest BCUT2D eigenvalue weighted by Gasteiger charge is -2.32. The van der Waals surface area contributed by atoms with Crippen LogP contribution in [0.3, 0.4) is 0 Å². The minimum absolute atomic E-state index is 0.00615. The third-order valence-corrected chi connectivity index (χ3v) is 5.70. The van der Waals surface area contributed by atoms with Crippen molar-refractivity contribution in [2.75, 3.05) is 6.54 Å². The van der Waals surface area contributed by atoms with Crippen LogP contribution in [0.4, 0.5) is 0 Å². The van der Waals surface area contributed by atoms with Crippen LogP contribution in [-0.4, -0.2) is 25.4 Å². The number of rotatable bonds is 4. The van der Waals surface area contributed by atoms with Gasteiger partial charge in [-0.25, -0.2) is 13.6 Å². The van der Waals surface area contributed by atoms with Crippen molar-refractivity contribution in [2.45, 2.75) is 36.6 Å². The zero-order valence-corrected chi connectivity index (χ0v) is 14.5. The maximum absolute atomic E-state index is 12.4. The first-order valence-electron chi connectivity index (χ1n) is 8.20. The number of carbonyl (C=O) groups is 1. The van der Waals surface area contributed by atoms with Crippen LogP contribution in [0.2, 0.25) is 0 Å². The predicted octanol–water partition coefficient (Wildman–Crippen LogP) is 1.66. The Labute approximate surface area is 146 Å². The number of hydrogen-bond acceptors (Lipinski definition) is 4. The number of carbonyl (C=O) groups excluding carboxylic acids is 1. The van der Waals surface area contributed by atoms with Crippen molar-refractivity contribution in [2.24, 2.45) is 11.1 Å². The number of hydrogen-bond donors (Lipinski definition) is 2. The Morgan fingerprint density at radius 3 is 2.80 bits per heavy atom. The zero-order chi connectivity index (χ0) is 18.0. The van der Waals surface area contributed by atoms with Crippen molar-refractivity contribution in [1.29, 1.82) is 5.26 Å². The molecule has 0 unspecified atom stereocenters. The summed E-state index contributed by atoms with van der Waals surface area (Å²) < 4.78 is 25.1. The molecule has 3 N–H and O–H groups in total. The van der Waals surface area contributed by atoms with E-state index in [4.69, 9.17) is 10.4 Å². The molecule has 1 aliphatic rings. The standard InChI is InChI=1S/C17H20N4O3S/c18-8-9-20-17(22)14-3-1-2-4-16(14)21-10-7-12-11-13(25(19,23)24)5-6-15(12)21/h5-7,10-11,14,16H,1-4,9H2,(H,20,22)(H2,19,23,24)/t14-,16+/m1/s1. The number of nitrogens with two attached hydrogens (primary N) is 1. The second-order valence-electron chi connectivity index (χ2n) is 6.32. The Hall–Kier alpha value is -2.37. The summed E-state index contributed by atoms with van der Waals surface area (Å²) in [7, 11) is -3.75. The van der Waals surface area contributed by atoms with Crippen molar-refractivity contribution in [3.63, 3.8) is 0 Å². The number of fused-ring (bicyclic) bond motifs is 1. The summed E-state index contributed by atoms with van der Waals surface area (Å²) >= 11 is 0. The normalized spacial score (nSPS) is 21.0. The van der Waals surface area contributed by atoms with E-state index in [-0.39, 0.29) is 29.3 Å². The molecule has 2 aromatic rings. The van der Waals surface area contributed by atoms with Crippen LogP contribution >= 0.6 is 0 Å². The third kappa shape index (κ3) is 3.52. The number of aromatic nitrogens is 1. The van der Waals surface area contributed by atoms with Crippen LogP contribution in [0.25, 0.3) is 10.9 Å². The van der Waals surface area contributed by atoms with Crippen LogP contribution in [0.1, 0.15) is 31.7 Å². The van der Waals surface area contributed by atoms with E-state index in [1.165, 1.54) is 6.07 Å². The summed E-state index contributed by atoms with van der Waals surface area (Å²) in [5.74, 6) is -0.301. The molecule has 0 bridgehead atoms. The lowest BCUT2D eigenvalue weighted by atomic mass is 9.83. The highest BCUT2D eigenvalue weighted by Crippen LogP contribution is 2.36. The Morgan fingerprint density at radius 1 is 1.32 bits per heavy atom. The fraction of sp³-hybridized carbons (Fsp3) is 0.412. The Bertz CT molecular complexity index is 942. The minimum atomic E-state index is -3.75. The van der Waals surface area contributed by atoms with Crippen molar-refractivity contribution >= 4 is 26.8 Å². The number of nitrogens with zero attached hydrogens (tertiary/aromatic N) is 2. The molecule has 3 rings (SSSR count). The number of amides is 1. The van der Waals surface area contributed by atoms with Crippen molar-refractivity contribution in [1.82, 2.24) is 9.88 Å². The molecule has 0 saturated heterocycles. The Morgan fingerprint density at radius 2 is 2.08 bits per heavy atom. The molecule has 1 saturated carbocycles. The van der Waals surface area contributed by atoms with Crippen LogP contribution in [0.15, 0.2) is 35.4 Å². The minimum Gasteiger partial charge on any atom is -0.344 e. The highest BCUT2D eigenvalue weighted by molar-refractivity contribution is 7.89. The molecule has 1 aromatic carbocycles. The van der Waals surface area contributed by atoms with Gasteiger partial charge in [0.25, 0.3) is 0 Å². The van der Waals surface area contributed by atoms with E-state index < -0.39 is 10.0 Å². The molecule has 1 aromatic heterocycles. The van der Waals surface area contributed by atoms with E-state index in [1.54, 1.807) is 12.1 Å². The fourth-order valence-corrected chi connectivity index (χ4v) is 4.17. The average molecular weight is 360 g/mol. The summed E-state index contributed by atoms with van der Waals surface area (Å²) in [6.45, 7) is 0.00615. The molecule has 8 heteroatoms. The van der Waals surface area contributed by atoms with Gasteiger partial charge in [-0.1, -0.05) is 12.8 Å². The first kappa shape index (κ1) is 17.5. The number of sulfonamides is 1. The van der Waals surface area contributed by atoms with E-state index in [0.717, 1.165) is 36.6 Å². The van der Waals surface area contributed by atoms with E-state index in [1.807, 2.05) is 22.9 Å². The summed E-state index contributed by atoms with van der Waals surface area (Å²) in [5, 5.41) is 17.3. The largest absolute Gasteiger partial charge is 0.344 e. The molecule has 1 aliphatic carbocycles. The Kier molecular flexibility index (Phi) is 4.79. The van der Waals surface area contributed by atoms with Gasteiger partial charge in [0.05, 0.1) is 16.9 Å². The second kappa shape index (κ2) is 6.86. The van der Waals surface area contributed by atoms with Gasteiger partial charge >= 0.3 is 0 Å². The average Bonchev–Trinajstić information content (AvgIpc) is 3.02. The first-order chi connectivity index (χ1) is 11.9. The number of primary sulfonamides is 1. The quantitative estimate of drug-likeness (QED) is 0.806. The van der Waals surface area contributed by atoms with Gasteiger partial charge in [0.15, 0.2) is 0 Å². The van der Waals surface area contributed by atoms with E-state index in [9.17, 15) is 13.2 Å². The van der Waals surface area contributed by atoms with Gasteiger partial charge in [-0.05, 0) is 37.1 Å². The molecule has 25 heavy (non-hydrogen) atoms. The molecule has 0 aliphatic heterocycles. The SMILES string of the molecule is N#CCNC(=O)[C@@H]1CCCC[C@@H]1n1ccc2cc(S(N)(=O)=O)ccc21. The van der Waals surface area contributed by atoms with Crippen molar-refractivity contribution in [3.8, 4) is 6.07 Å². The van der Waals surface area contributed by atoms with Gasteiger partial charge in [0, 0.05) is 23.1 Å². The van der Waals surface area contributed by atoms with E-state index >= 15 is 0 Å². The van der Waals surface area contributed by atoms with Crippen LogP contribution in [0, 0.1) is 17.2 Å². The van der Waals surface area contributed by atoms with Crippen LogP contribution in [-0.2, 0) is 14.8 Å². The molecule has 1 fully saturated rings. The molecular weight excluding hydrogens is 340 g/mol. The van der Waals surface area contributed by atoms with Gasteiger partial charge < -0.3 is 9.88 Å². The molecule has 7 nitrogen and oxygen atoms in total. The van der Waals surface area contributed by atoms with E-state index in [0.29, 0.717) is 0 Å². The van der Waals surface area contributed by atoms with Crippen molar-refractivity contribution in [3.05, 3.63) is 30.5 Å². The van der Waals surface area contributed by atoms with E-state index in [2.05, 4.69) is 5.32 Å². The number of nitriles is 1. The lowest BCUT2D eigenvalue weighted by Crippen LogP contribution is -2.37. The smallest absolute Gasteiger partial charge is 0.238 e. The third-order valence-electron chi connectivity index (χ3n) is 4.79. The highest BCUT2D eigenvalue weighted by Gasteiger charge is 2.32. The highest BCUT2D eigenvalue weighted by atomic mass is 32.2. The second-order valence-corrected chi connectivity index (χ2v) is 7.88. The Balaban J connectivity index is 1.96. The predicted molar refractivity (Wildman–Crippen MR) is 92.9 cm³/mol. The van der Waals surface area contributed by atoms with Crippen molar-refractivity contribution < 1.29 is 13.2 Å². The monoisotopic (exact) mass is 360 g/mol. The van der Waals surface area contributed by atoms with Gasteiger partial charge in [-0.2, -0.15) is 5.26 Å². The van der Waals surface area contributed by atoms with Crippen LogP contribution in [0.5, 0.6) is 0 Å². The summed E-state index contributed by atoms with van der Waals surface area (Å²) in [6.07, 6.45) is 5.54. The fourth-order valence-electron chi connectivity index (χ4n) is 3.62. The molecule has 1 heterocycles. The first-order valence-corrected chi connectivity index (χ1v) is 9.74. The van der Waals surface area contributed by atoms with Gasteiger partial charge in [0.2, 0.25) is 15.9 Å². The molecule has 132 valence electrons. The molecule has 0 spiro atoms. The summed E-state index contributed by atoms with van der Waals surface area (Å²) in [4.78, 5) is 12.5. The zero-order valence-electron chi connectivity index (χ0n) is 13.7. The lowest BCUT2D eigenvalue weighted by molar-refractivity contribution is -0.127. The molecule has 0 radical (unpaired) electrons. The topological polar surface area (TPSA) is 118 Å². The summed E-state index contributed by atoms with van der Waals surface area (Å²) in [6, 6.07) is 8.53.